The van der Waals surface area contributed by atoms with Gasteiger partial charge in [-0.05, 0) is 32.0 Å². The summed E-state index contributed by atoms with van der Waals surface area (Å²) < 4.78 is 11.8. The predicted octanol–water partition coefficient (Wildman–Crippen LogP) is 2.05. The summed E-state index contributed by atoms with van der Waals surface area (Å²) in [6, 6.07) is 7.46. The van der Waals surface area contributed by atoms with Gasteiger partial charge in [-0.2, -0.15) is 0 Å². The SMILES string of the molecule is CC(C)(CNC(=O)COc1cccc(Br)c1)N1CCOCC1. The minimum absolute atomic E-state index is 0.0235. The lowest BCUT2D eigenvalue weighted by Crippen LogP contribution is -2.55. The van der Waals surface area contributed by atoms with Crippen molar-refractivity contribution >= 4 is 21.8 Å². The van der Waals surface area contributed by atoms with E-state index in [4.69, 9.17) is 9.47 Å². The van der Waals surface area contributed by atoms with Crippen LogP contribution < -0.4 is 10.1 Å². The first kappa shape index (κ1) is 17.2. The van der Waals surface area contributed by atoms with E-state index in [0.29, 0.717) is 12.3 Å². The minimum atomic E-state index is -0.110. The van der Waals surface area contributed by atoms with Gasteiger partial charge < -0.3 is 14.8 Å². The standard InChI is InChI=1S/C16H23BrN2O3/c1-16(2,19-6-8-21-9-7-19)12-18-15(20)11-22-14-5-3-4-13(17)10-14/h3-5,10H,6-9,11-12H2,1-2H3,(H,18,20). The Morgan fingerprint density at radius 3 is 2.82 bits per heavy atom. The molecule has 2 rings (SSSR count). The fraction of sp³-hybridized carbons (Fsp3) is 0.562. The smallest absolute Gasteiger partial charge is 0.258 e. The highest BCUT2D eigenvalue weighted by Gasteiger charge is 2.28. The van der Waals surface area contributed by atoms with Gasteiger partial charge in [-0.1, -0.05) is 22.0 Å². The van der Waals surface area contributed by atoms with Gasteiger partial charge in [0.1, 0.15) is 5.75 Å². The van der Waals surface area contributed by atoms with E-state index in [0.717, 1.165) is 30.8 Å². The Morgan fingerprint density at radius 2 is 2.14 bits per heavy atom. The molecule has 1 aromatic carbocycles. The van der Waals surface area contributed by atoms with Crippen LogP contribution >= 0.6 is 15.9 Å². The Bertz CT molecular complexity index is 502. The fourth-order valence-electron chi connectivity index (χ4n) is 2.35. The maximum absolute atomic E-state index is 11.9. The zero-order chi connectivity index (χ0) is 16.0. The summed E-state index contributed by atoms with van der Waals surface area (Å²) in [5.74, 6) is 0.568. The first-order valence-corrected chi connectivity index (χ1v) is 8.24. The van der Waals surface area contributed by atoms with Crippen molar-refractivity contribution in [2.75, 3.05) is 39.5 Å². The highest BCUT2D eigenvalue weighted by Crippen LogP contribution is 2.18. The van der Waals surface area contributed by atoms with E-state index in [1.165, 1.54) is 0 Å². The summed E-state index contributed by atoms with van der Waals surface area (Å²) in [5.41, 5.74) is -0.0881. The van der Waals surface area contributed by atoms with Gasteiger partial charge in [0.2, 0.25) is 0 Å². The van der Waals surface area contributed by atoms with Crippen LogP contribution in [0.1, 0.15) is 13.8 Å². The maximum atomic E-state index is 11.9. The summed E-state index contributed by atoms with van der Waals surface area (Å²) in [4.78, 5) is 14.3. The van der Waals surface area contributed by atoms with Crippen molar-refractivity contribution in [2.24, 2.45) is 0 Å². The van der Waals surface area contributed by atoms with E-state index in [-0.39, 0.29) is 18.1 Å². The molecule has 1 amide bonds. The summed E-state index contributed by atoms with van der Waals surface area (Å²) in [6.07, 6.45) is 0. The average molecular weight is 371 g/mol. The lowest BCUT2D eigenvalue weighted by Gasteiger charge is -2.40. The first-order chi connectivity index (χ1) is 10.5. The number of hydrogen-bond acceptors (Lipinski definition) is 4. The van der Waals surface area contributed by atoms with Gasteiger partial charge in [0.25, 0.3) is 5.91 Å². The van der Waals surface area contributed by atoms with E-state index < -0.39 is 0 Å². The van der Waals surface area contributed by atoms with Crippen molar-refractivity contribution in [1.82, 2.24) is 10.2 Å². The number of benzene rings is 1. The van der Waals surface area contributed by atoms with E-state index in [2.05, 4.69) is 40.0 Å². The summed E-state index contributed by atoms with van der Waals surface area (Å²) in [5, 5.41) is 2.95. The largest absolute Gasteiger partial charge is 0.484 e. The number of amides is 1. The monoisotopic (exact) mass is 370 g/mol. The zero-order valence-corrected chi connectivity index (χ0v) is 14.7. The molecule has 122 valence electrons. The van der Waals surface area contributed by atoms with Crippen molar-refractivity contribution in [2.45, 2.75) is 19.4 Å². The van der Waals surface area contributed by atoms with Crippen molar-refractivity contribution in [3.8, 4) is 5.75 Å². The molecule has 1 fully saturated rings. The second-order valence-corrected chi connectivity index (χ2v) is 6.85. The van der Waals surface area contributed by atoms with Crippen molar-refractivity contribution in [3.05, 3.63) is 28.7 Å². The molecule has 0 spiro atoms. The molecule has 1 aromatic rings. The second-order valence-electron chi connectivity index (χ2n) is 5.93. The van der Waals surface area contributed by atoms with E-state index in [9.17, 15) is 4.79 Å². The molecule has 1 aliphatic rings. The molecule has 1 heterocycles. The highest BCUT2D eigenvalue weighted by molar-refractivity contribution is 9.10. The molecule has 0 unspecified atom stereocenters. The van der Waals surface area contributed by atoms with Crippen LogP contribution in [0.3, 0.4) is 0 Å². The van der Waals surface area contributed by atoms with Crippen molar-refractivity contribution in [3.63, 3.8) is 0 Å². The molecule has 1 saturated heterocycles. The number of rotatable bonds is 6. The number of morpholine rings is 1. The quantitative estimate of drug-likeness (QED) is 0.832. The van der Waals surface area contributed by atoms with Crippen LogP contribution in [0.25, 0.3) is 0 Å². The normalized spacial score (nSPS) is 16.3. The van der Waals surface area contributed by atoms with E-state index in [1.54, 1.807) is 0 Å². The van der Waals surface area contributed by atoms with Crippen LogP contribution in [0.15, 0.2) is 28.7 Å². The van der Waals surface area contributed by atoms with Crippen LogP contribution in [0.2, 0.25) is 0 Å². The average Bonchev–Trinajstić information content (AvgIpc) is 2.52. The number of nitrogens with zero attached hydrogens (tertiary/aromatic N) is 1. The number of nitrogens with one attached hydrogen (secondary N) is 1. The molecule has 0 saturated carbocycles. The maximum Gasteiger partial charge on any atom is 0.258 e. The molecule has 0 aromatic heterocycles. The Labute approximate surface area is 140 Å². The molecular formula is C16H23BrN2O3. The Kier molecular flexibility index (Phi) is 6.23. The topological polar surface area (TPSA) is 50.8 Å². The van der Waals surface area contributed by atoms with Crippen LogP contribution in [-0.2, 0) is 9.53 Å². The molecule has 1 N–H and O–H groups in total. The molecule has 5 nitrogen and oxygen atoms in total. The van der Waals surface area contributed by atoms with Gasteiger partial charge in [-0.25, -0.2) is 0 Å². The molecule has 0 bridgehead atoms. The number of carbonyl (C=O) groups excluding carboxylic acids is 1. The van der Waals surface area contributed by atoms with Gasteiger partial charge in [-0.3, -0.25) is 9.69 Å². The Morgan fingerprint density at radius 1 is 1.41 bits per heavy atom. The Balaban J connectivity index is 1.74. The summed E-state index contributed by atoms with van der Waals surface area (Å²) in [6.45, 7) is 8.19. The lowest BCUT2D eigenvalue weighted by atomic mass is 10.0. The first-order valence-electron chi connectivity index (χ1n) is 7.45. The molecule has 0 atom stereocenters. The molecule has 0 aliphatic carbocycles. The zero-order valence-electron chi connectivity index (χ0n) is 13.1. The van der Waals surface area contributed by atoms with Gasteiger partial charge in [-0.15, -0.1) is 0 Å². The number of carbonyl (C=O) groups is 1. The third-order valence-electron chi connectivity index (χ3n) is 3.75. The van der Waals surface area contributed by atoms with Crippen molar-refractivity contribution < 1.29 is 14.3 Å². The highest BCUT2D eigenvalue weighted by atomic mass is 79.9. The van der Waals surface area contributed by atoms with Crippen LogP contribution in [-0.4, -0.2) is 55.8 Å². The van der Waals surface area contributed by atoms with Gasteiger partial charge in [0.15, 0.2) is 6.61 Å². The van der Waals surface area contributed by atoms with Gasteiger partial charge in [0, 0.05) is 29.6 Å². The van der Waals surface area contributed by atoms with E-state index >= 15 is 0 Å². The van der Waals surface area contributed by atoms with E-state index in [1.807, 2.05) is 24.3 Å². The third kappa shape index (κ3) is 5.26. The molecule has 6 heteroatoms. The number of ether oxygens (including phenoxy) is 2. The summed E-state index contributed by atoms with van der Waals surface area (Å²) >= 11 is 3.37. The molecule has 0 radical (unpaired) electrons. The Hall–Kier alpha value is -1.11. The third-order valence-corrected chi connectivity index (χ3v) is 4.24. The minimum Gasteiger partial charge on any atom is -0.484 e. The number of hydrogen-bond donors (Lipinski definition) is 1. The van der Waals surface area contributed by atoms with Crippen LogP contribution in [0.5, 0.6) is 5.75 Å². The van der Waals surface area contributed by atoms with Crippen LogP contribution in [0.4, 0.5) is 0 Å². The lowest BCUT2D eigenvalue weighted by molar-refractivity contribution is -0.123. The van der Waals surface area contributed by atoms with Crippen LogP contribution in [0, 0.1) is 0 Å². The van der Waals surface area contributed by atoms with Gasteiger partial charge >= 0.3 is 0 Å². The molecular weight excluding hydrogens is 348 g/mol. The summed E-state index contributed by atoms with van der Waals surface area (Å²) in [7, 11) is 0. The van der Waals surface area contributed by atoms with Gasteiger partial charge in [0.05, 0.1) is 13.2 Å². The number of halogens is 1. The fourth-order valence-corrected chi connectivity index (χ4v) is 2.73. The second kappa shape index (κ2) is 7.94. The molecule has 1 aliphatic heterocycles. The van der Waals surface area contributed by atoms with Crippen molar-refractivity contribution in [1.29, 1.82) is 0 Å². The predicted molar refractivity (Wildman–Crippen MR) is 89.1 cm³/mol. The molecule has 22 heavy (non-hydrogen) atoms.